The molecule has 0 aromatic heterocycles. The number of carbonyl (C=O) groups excluding carboxylic acids is 2. The number of hydrogen-bond acceptors (Lipinski definition) is 4. The van der Waals surface area contributed by atoms with E-state index in [-0.39, 0.29) is 0 Å². The minimum atomic E-state index is -0.855. The predicted octanol–water partition coefficient (Wildman–Crippen LogP) is 2.97. The number of hydrogen-bond donors (Lipinski definition) is 0. The third kappa shape index (κ3) is 3.60. The van der Waals surface area contributed by atoms with Gasteiger partial charge in [0.25, 0.3) is 0 Å². The molecule has 0 saturated heterocycles. The van der Waals surface area contributed by atoms with Crippen molar-refractivity contribution in [2.75, 3.05) is 7.11 Å². The second-order valence-corrected chi connectivity index (χ2v) is 6.37. The summed E-state index contributed by atoms with van der Waals surface area (Å²) in [6.45, 7) is 0. The summed E-state index contributed by atoms with van der Waals surface area (Å²) in [5, 5.41) is 0. The van der Waals surface area contributed by atoms with Crippen molar-refractivity contribution in [1.29, 1.82) is 0 Å². The Bertz CT molecular complexity index is 528. The highest BCUT2D eigenvalue weighted by atomic mass is 79.9. The van der Waals surface area contributed by atoms with Gasteiger partial charge in [-0.1, -0.05) is 52.3 Å². The molecule has 0 N–H and O–H groups in total. The molecule has 0 spiro atoms. The predicted molar refractivity (Wildman–Crippen MR) is 82.2 cm³/mol. The average molecular weight is 353 g/mol. The Morgan fingerprint density at radius 2 is 2.14 bits per heavy atom. The molecule has 112 valence electrons. The molecule has 1 aromatic rings. The molecule has 3 atom stereocenters. The van der Waals surface area contributed by atoms with Crippen LogP contribution < -0.4 is 0 Å². The van der Waals surface area contributed by atoms with E-state index in [2.05, 4.69) is 15.9 Å². The lowest BCUT2D eigenvalue weighted by molar-refractivity contribution is -0.160. The lowest BCUT2D eigenvalue weighted by atomic mass is 9.92. The van der Waals surface area contributed by atoms with Crippen LogP contribution in [0.25, 0.3) is 0 Å². The summed E-state index contributed by atoms with van der Waals surface area (Å²) < 4.78 is 9.86. The van der Waals surface area contributed by atoms with Gasteiger partial charge in [-0.15, -0.1) is 0 Å². The van der Waals surface area contributed by atoms with Gasteiger partial charge < -0.3 is 14.3 Å². The number of esters is 1. The summed E-state index contributed by atoms with van der Waals surface area (Å²) >= 11 is 3.38. The highest BCUT2D eigenvalue weighted by molar-refractivity contribution is 9.10. The van der Waals surface area contributed by atoms with E-state index in [1.807, 2.05) is 24.3 Å². The molecule has 0 bridgehead atoms. The van der Waals surface area contributed by atoms with Crippen molar-refractivity contribution in [3.63, 3.8) is 0 Å². The molecule has 0 unspecified atom stereocenters. The minimum absolute atomic E-state index is 0.508. The molecule has 0 heterocycles. The maximum Gasteiger partial charge on any atom is 0.340 e. The third-order valence-corrected chi connectivity index (χ3v) is 4.50. The number of alkyl halides is 1. The number of rotatable bonds is 5. The first-order valence-electron chi connectivity index (χ1n) is 6.71. The van der Waals surface area contributed by atoms with Gasteiger partial charge in [0.2, 0.25) is 0 Å². The molecule has 0 radical (unpaired) electrons. The largest absolute Gasteiger partial charge is 0.454 e. The molecule has 21 heavy (non-hydrogen) atoms. The van der Waals surface area contributed by atoms with Gasteiger partial charge in [0.1, 0.15) is 16.7 Å². The second-order valence-electron chi connectivity index (χ2n) is 4.90. The van der Waals surface area contributed by atoms with Crippen LogP contribution in [0.3, 0.4) is 0 Å². The van der Waals surface area contributed by atoms with E-state index in [1.54, 1.807) is 18.2 Å². The molecular weight excluding hydrogens is 336 g/mol. The zero-order valence-corrected chi connectivity index (χ0v) is 13.3. The molecule has 0 fully saturated rings. The molecule has 0 saturated carbocycles. The average Bonchev–Trinajstić information content (AvgIpc) is 2.51. The molecular formula is C16H17BrO4. The zero-order valence-electron chi connectivity index (χ0n) is 11.7. The zero-order chi connectivity index (χ0) is 15.3. The lowest BCUT2D eigenvalue weighted by Gasteiger charge is -2.32. The van der Waals surface area contributed by atoms with Crippen molar-refractivity contribution in [3.05, 3.63) is 48.0 Å². The number of allylic oxidation sites excluding steroid dienone is 1. The molecule has 5 heteroatoms. The van der Waals surface area contributed by atoms with E-state index in [9.17, 15) is 9.59 Å². The number of halogens is 1. The van der Waals surface area contributed by atoms with Crippen molar-refractivity contribution in [2.45, 2.75) is 29.4 Å². The summed E-state index contributed by atoms with van der Waals surface area (Å²) in [5.41, 5.74) is 0.719. The van der Waals surface area contributed by atoms with Crippen LogP contribution in [-0.2, 0) is 19.1 Å². The van der Waals surface area contributed by atoms with E-state index >= 15 is 0 Å². The molecule has 4 nitrogen and oxygen atoms in total. The third-order valence-electron chi connectivity index (χ3n) is 3.47. The maximum absolute atomic E-state index is 12.3. The van der Waals surface area contributed by atoms with Gasteiger partial charge in [-0.05, 0) is 24.5 Å². The van der Waals surface area contributed by atoms with Gasteiger partial charge in [0, 0.05) is 7.11 Å². The number of methoxy groups -OCH3 is 1. The van der Waals surface area contributed by atoms with Crippen LogP contribution in [-0.4, -0.2) is 29.8 Å². The molecule has 1 aromatic carbocycles. The van der Waals surface area contributed by atoms with Crippen molar-refractivity contribution in [2.24, 2.45) is 0 Å². The van der Waals surface area contributed by atoms with Gasteiger partial charge in [-0.25, -0.2) is 4.79 Å². The number of benzene rings is 1. The quantitative estimate of drug-likeness (QED) is 0.354. The van der Waals surface area contributed by atoms with Gasteiger partial charge in [0.05, 0.1) is 0 Å². The maximum atomic E-state index is 12.3. The van der Waals surface area contributed by atoms with E-state index in [4.69, 9.17) is 9.47 Å². The van der Waals surface area contributed by atoms with Gasteiger partial charge in [-0.2, -0.15) is 0 Å². The normalized spacial score (nSPS) is 26.1. The van der Waals surface area contributed by atoms with E-state index in [0.29, 0.717) is 6.42 Å². The van der Waals surface area contributed by atoms with Gasteiger partial charge in [0.15, 0.2) is 6.10 Å². The van der Waals surface area contributed by atoms with Crippen LogP contribution in [0.5, 0.6) is 0 Å². The highest BCUT2D eigenvalue weighted by Gasteiger charge is 2.40. The van der Waals surface area contributed by atoms with Crippen LogP contribution >= 0.6 is 15.9 Å². The molecule has 1 aliphatic carbocycles. The van der Waals surface area contributed by atoms with Crippen LogP contribution in [0.2, 0.25) is 0 Å². The molecule has 2 rings (SSSR count). The number of aldehydes is 1. The fraction of sp³-hybridized carbons (Fsp3) is 0.375. The monoisotopic (exact) mass is 352 g/mol. The first-order chi connectivity index (χ1) is 10.1. The first kappa shape index (κ1) is 15.9. The number of ether oxygens (including phenoxy) is 2. The smallest absolute Gasteiger partial charge is 0.340 e. The minimum Gasteiger partial charge on any atom is -0.454 e. The summed E-state index contributed by atoms with van der Waals surface area (Å²) in [5.74, 6) is -0.508. The van der Waals surface area contributed by atoms with Crippen LogP contribution in [0.15, 0.2) is 42.5 Å². The fourth-order valence-corrected chi connectivity index (χ4v) is 2.75. The Morgan fingerprint density at radius 3 is 2.76 bits per heavy atom. The Hall–Kier alpha value is -1.46. The van der Waals surface area contributed by atoms with Crippen LogP contribution in [0, 0.1) is 0 Å². The summed E-state index contributed by atoms with van der Waals surface area (Å²) in [4.78, 5) is 23.6. The SMILES string of the molecule is CO[C@@H](C(=O)O[C@H]1C=CCC[C@@]1(Br)C=O)c1ccccc1. The number of carbonyl (C=O) groups is 2. The van der Waals surface area contributed by atoms with E-state index in [1.165, 1.54) is 7.11 Å². The van der Waals surface area contributed by atoms with Gasteiger partial charge in [-0.3, -0.25) is 0 Å². The van der Waals surface area contributed by atoms with Crippen LogP contribution in [0.1, 0.15) is 24.5 Å². The Labute approximate surface area is 132 Å². The first-order valence-corrected chi connectivity index (χ1v) is 7.50. The van der Waals surface area contributed by atoms with Crippen molar-refractivity contribution >= 4 is 28.2 Å². The summed E-state index contributed by atoms with van der Waals surface area (Å²) in [6.07, 6.45) is 4.37. The fourth-order valence-electron chi connectivity index (χ4n) is 2.27. The molecule has 0 amide bonds. The summed E-state index contributed by atoms with van der Waals surface area (Å²) in [7, 11) is 1.46. The van der Waals surface area contributed by atoms with Crippen molar-refractivity contribution in [3.8, 4) is 0 Å². The summed E-state index contributed by atoms with van der Waals surface area (Å²) in [6, 6.07) is 9.12. The lowest BCUT2D eigenvalue weighted by Crippen LogP contribution is -2.42. The standard InChI is InChI=1S/C16H17BrO4/c1-20-14(12-7-3-2-4-8-12)15(19)21-13-9-5-6-10-16(13,17)11-18/h2-5,7-9,11,13-14H,6,10H2,1H3/t13-,14+,16+/m0/s1. The Kier molecular flexibility index (Phi) is 5.31. The van der Waals surface area contributed by atoms with Crippen molar-refractivity contribution < 1.29 is 19.1 Å². The van der Waals surface area contributed by atoms with Crippen molar-refractivity contribution in [1.82, 2.24) is 0 Å². The van der Waals surface area contributed by atoms with E-state index < -0.39 is 22.5 Å². The molecule has 0 aliphatic heterocycles. The second kappa shape index (κ2) is 7.00. The van der Waals surface area contributed by atoms with E-state index in [0.717, 1.165) is 18.3 Å². The Balaban J connectivity index is 2.14. The van der Waals surface area contributed by atoms with Crippen LogP contribution in [0.4, 0.5) is 0 Å². The van der Waals surface area contributed by atoms with Gasteiger partial charge >= 0.3 is 5.97 Å². The highest BCUT2D eigenvalue weighted by Crippen LogP contribution is 2.34. The topological polar surface area (TPSA) is 52.6 Å². The Morgan fingerprint density at radius 1 is 1.43 bits per heavy atom. The molecule has 1 aliphatic rings.